The van der Waals surface area contributed by atoms with E-state index in [4.69, 9.17) is 0 Å². The molecule has 0 aliphatic rings. The lowest BCUT2D eigenvalue weighted by Gasteiger charge is -2.10. The van der Waals surface area contributed by atoms with Gasteiger partial charge in [-0.2, -0.15) is 11.8 Å². The van der Waals surface area contributed by atoms with Crippen LogP contribution in [0.4, 0.5) is 5.69 Å². The van der Waals surface area contributed by atoms with Crippen LogP contribution in [-0.4, -0.2) is 36.0 Å². The Morgan fingerprint density at radius 2 is 2.28 bits per heavy atom. The maximum Gasteiger partial charge on any atom is 0.253 e. The van der Waals surface area contributed by atoms with E-state index in [1.54, 1.807) is 30.2 Å². The van der Waals surface area contributed by atoms with Crippen molar-refractivity contribution in [2.45, 2.75) is 19.8 Å². The quantitative estimate of drug-likeness (QED) is 0.710. The van der Waals surface area contributed by atoms with E-state index in [1.165, 1.54) is 0 Å². The van der Waals surface area contributed by atoms with Crippen molar-refractivity contribution in [3.63, 3.8) is 0 Å². The molecule has 4 nitrogen and oxygen atoms in total. The van der Waals surface area contributed by atoms with Crippen molar-refractivity contribution in [1.29, 1.82) is 0 Å². The van der Waals surface area contributed by atoms with E-state index in [9.17, 15) is 4.79 Å². The number of nitrogens with zero attached hydrogens (tertiary/aromatic N) is 1. The van der Waals surface area contributed by atoms with E-state index in [1.807, 2.05) is 0 Å². The highest BCUT2D eigenvalue weighted by Crippen LogP contribution is 2.13. The first-order valence-electron chi connectivity index (χ1n) is 6.24. The minimum Gasteiger partial charge on any atom is -0.383 e. The number of amides is 1. The molecule has 100 valence electrons. The Labute approximate surface area is 113 Å². The molecule has 5 heteroatoms. The van der Waals surface area contributed by atoms with Crippen molar-refractivity contribution in [2.75, 3.05) is 30.4 Å². The molecule has 1 aromatic heterocycles. The molecule has 0 bridgehead atoms. The molecule has 0 spiro atoms. The van der Waals surface area contributed by atoms with Gasteiger partial charge in [0.05, 0.1) is 17.4 Å². The van der Waals surface area contributed by atoms with Crippen LogP contribution in [0.3, 0.4) is 0 Å². The number of anilines is 1. The number of nitrogens with one attached hydrogen (secondary N) is 2. The summed E-state index contributed by atoms with van der Waals surface area (Å²) in [6.07, 6.45) is 7.43. The van der Waals surface area contributed by atoms with Crippen LogP contribution in [0.25, 0.3) is 0 Å². The van der Waals surface area contributed by atoms with Crippen molar-refractivity contribution in [3.8, 4) is 0 Å². The highest BCUT2D eigenvalue weighted by atomic mass is 32.2. The fourth-order valence-corrected chi connectivity index (χ4v) is 1.94. The number of pyridine rings is 1. The standard InChI is InChI=1S/C13H21N3OS/c1-3-6-15-12-10-14-8-5-11(12)13(17)16-7-4-9-18-2/h5,8,10,15H,3-4,6-7,9H2,1-2H3,(H,16,17). The molecule has 0 fully saturated rings. The van der Waals surface area contributed by atoms with Crippen LogP contribution in [0.1, 0.15) is 30.1 Å². The Morgan fingerprint density at radius 1 is 1.44 bits per heavy atom. The number of thioether (sulfide) groups is 1. The second-order valence-corrected chi connectivity index (χ2v) is 4.94. The Kier molecular flexibility index (Phi) is 7.25. The smallest absolute Gasteiger partial charge is 0.253 e. The second kappa shape index (κ2) is 8.80. The fourth-order valence-electron chi connectivity index (χ4n) is 1.51. The predicted molar refractivity (Wildman–Crippen MR) is 78.3 cm³/mol. The zero-order chi connectivity index (χ0) is 13.2. The first-order valence-corrected chi connectivity index (χ1v) is 7.64. The molecule has 0 aliphatic carbocycles. The van der Waals surface area contributed by atoms with E-state index >= 15 is 0 Å². The maximum atomic E-state index is 12.0. The van der Waals surface area contributed by atoms with Crippen molar-refractivity contribution in [2.24, 2.45) is 0 Å². The average Bonchev–Trinajstić information content (AvgIpc) is 2.41. The topological polar surface area (TPSA) is 54.0 Å². The first kappa shape index (κ1) is 14.8. The van der Waals surface area contributed by atoms with Gasteiger partial charge in [0.2, 0.25) is 0 Å². The van der Waals surface area contributed by atoms with E-state index in [0.717, 1.165) is 37.4 Å². The van der Waals surface area contributed by atoms with Gasteiger partial charge in [-0.1, -0.05) is 6.92 Å². The van der Waals surface area contributed by atoms with Crippen LogP contribution in [0.5, 0.6) is 0 Å². The summed E-state index contributed by atoms with van der Waals surface area (Å²) in [5, 5.41) is 6.15. The molecule has 18 heavy (non-hydrogen) atoms. The molecule has 1 rings (SSSR count). The van der Waals surface area contributed by atoms with E-state index < -0.39 is 0 Å². The fraction of sp³-hybridized carbons (Fsp3) is 0.538. The lowest BCUT2D eigenvalue weighted by Crippen LogP contribution is -2.26. The molecule has 1 heterocycles. The number of carbonyl (C=O) groups excluding carboxylic acids is 1. The summed E-state index contributed by atoms with van der Waals surface area (Å²) < 4.78 is 0. The largest absolute Gasteiger partial charge is 0.383 e. The lowest BCUT2D eigenvalue weighted by molar-refractivity contribution is 0.0954. The Morgan fingerprint density at radius 3 is 3.00 bits per heavy atom. The minimum absolute atomic E-state index is 0.0305. The third-order valence-corrected chi connectivity index (χ3v) is 3.14. The third kappa shape index (κ3) is 4.96. The zero-order valence-corrected chi connectivity index (χ0v) is 11.8. The second-order valence-electron chi connectivity index (χ2n) is 3.95. The van der Waals surface area contributed by atoms with Gasteiger partial charge in [-0.05, 0) is 30.9 Å². The number of aromatic nitrogens is 1. The molecule has 0 radical (unpaired) electrons. The van der Waals surface area contributed by atoms with E-state index in [2.05, 4.69) is 28.8 Å². The van der Waals surface area contributed by atoms with Gasteiger partial charge >= 0.3 is 0 Å². The molecular formula is C13H21N3OS. The van der Waals surface area contributed by atoms with E-state index in [-0.39, 0.29) is 5.91 Å². The Balaban J connectivity index is 2.55. The summed E-state index contributed by atoms with van der Waals surface area (Å²) in [4.78, 5) is 16.1. The van der Waals surface area contributed by atoms with Gasteiger partial charge in [-0.25, -0.2) is 0 Å². The highest BCUT2D eigenvalue weighted by molar-refractivity contribution is 7.98. The van der Waals surface area contributed by atoms with Crippen LogP contribution in [0.15, 0.2) is 18.5 Å². The van der Waals surface area contributed by atoms with Crippen LogP contribution in [0.2, 0.25) is 0 Å². The van der Waals surface area contributed by atoms with Crippen molar-refractivity contribution < 1.29 is 4.79 Å². The van der Waals surface area contributed by atoms with Crippen molar-refractivity contribution in [1.82, 2.24) is 10.3 Å². The third-order valence-electron chi connectivity index (χ3n) is 2.44. The zero-order valence-electron chi connectivity index (χ0n) is 11.0. The van der Waals surface area contributed by atoms with E-state index in [0.29, 0.717) is 5.56 Å². The molecule has 0 saturated heterocycles. The van der Waals surface area contributed by atoms with Crippen LogP contribution in [0, 0.1) is 0 Å². The lowest BCUT2D eigenvalue weighted by atomic mass is 10.2. The summed E-state index contributed by atoms with van der Waals surface area (Å²) in [5.74, 6) is 1.04. The molecular weight excluding hydrogens is 246 g/mol. The van der Waals surface area contributed by atoms with Crippen molar-refractivity contribution in [3.05, 3.63) is 24.0 Å². The summed E-state index contributed by atoms with van der Waals surface area (Å²) in [7, 11) is 0. The molecule has 1 aromatic rings. The van der Waals surface area contributed by atoms with Crippen LogP contribution in [-0.2, 0) is 0 Å². The summed E-state index contributed by atoms with van der Waals surface area (Å²) in [5.41, 5.74) is 1.48. The van der Waals surface area contributed by atoms with Gasteiger partial charge in [0, 0.05) is 19.3 Å². The summed E-state index contributed by atoms with van der Waals surface area (Å²) in [6.45, 7) is 3.65. The highest BCUT2D eigenvalue weighted by Gasteiger charge is 2.09. The average molecular weight is 267 g/mol. The molecule has 1 amide bonds. The SMILES string of the molecule is CCCNc1cnccc1C(=O)NCCCSC. The van der Waals surface area contributed by atoms with Gasteiger partial charge < -0.3 is 10.6 Å². The van der Waals surface area contributed by atoms with Crippen LogP contribution >= 0.6 is 11.8 Å². The van der Waals surface area contributed by atoms with Gasteiger partial charge in [-0.3, -0.25) is 9.78 Å². The molecule has 2 N–H and O–H groups in total. The van der Waals surface area contributed by atoms with Gasteiger partial charge in [0.1, 0.15) is 0 Å². The molecule has 0 aliphatic heterocycles. The molecule has 0 saturated carbocycles. The van der Waals surface area contributed by atoms with Gasteiger partial charge in [0.25, 0.3) is 5.91 Å². The maximum absolute atomic E-state index is 12.0. The molecule has 0 unspecified atom stereocenters. The summed E-state index contributed by atoms with van der Waals surface area (Å²) >= 11 is 1.79. The predicted octanol–water partition coefficient (Wildman–Crippen LogP) is 2.39. The normalized spacial score (nSPS) is 10.1. The number of hydrogen-bond donors (Lipinski definition) is 2. The van der Waals surface area contributed by atoms with Gasteiger partial charge in [0.15, 0.2) is 0 Å². The van der Waals surface area contributed by atoms with Gasteiger partial charge in [-0.15, -0.1) is 0 Å². The summed E-state index contributed by atoms with van der Waals surface area (Å²) in [6, 6.07) is 1.75. The number of hydrogen-bond acceptors (Lipinski definition) is 4. The number of carbonyl (C=O) groups is 1. The van der Waals surface area contributed by atoms with Crippen molar-refractivity contribution >= 4 is 23.4 Å². The Hall–Kier alpha value is -1.23. The Bertz CT molecular complexity index is 371. The monoisotopic (exact) mass is 267 g/mol. The molecule has 0 atom stereocenters. The first-order chi connectivity index (χ1) is 8.79. The minimum atomic E-state index is -0.0305. The molecule has 0 aromatic carbocycles. The number of rotatable bonds is 8. The van der Waals surface area contributed by atoms with Crippen LogP contribution < -0.4 is 10.6 Å².